The quantitative estimate of drug-likeness (QED) is 0.367. The number of fused-ring (bicyclic) bond motifs is 1. The smallest absolute Gasteiger partial charge is 0.255 e. The number of aromatic nitrogens is 2. The summed E-state index contributed by atoms with van der Waals surface area (Å²) >= 11 is 6.51. The molecule has 2 aromatic carbocycles. The highest BCUT2D eigenvalue weighted by Crippen LogP contribution is 2.33. The maximum atomic E-state index is 13.6. The van der Waals surface area contributed by atoms with E-state index in [9.17, 15) is 14.7 Å². The van der Waals surface area contributed by atoms with Gasteiger partial charge in [0.05, 0.1) is 23.9 Å². The number of aliphatic hydroxyl groups excluding tert-OH is 1. The van der Waals surface area contributed by atoms with Gasteiger partial charge in [-0.3, -0.25) is 9.59 Å². The first-order chi connectivity index (χ1) is 19.9. The molecule has 0 radical (unpaired) electrons. The van der Waals surface area contributed by atoms with Crippen LogP contribution in [0.1, 0.15) is 59.5 Å². The average molecular weight is 579 g/mol. The van der Waals surface area contributed by atoms with Crippen LogP contribution in [0.3, 0.4) is 0 Å². The van der Waals surface area contributed by atoms with Gasteiger partial charge in [0.1, 0.15) is 17.6 Å². The van der Waals surface area contributed by atoms with Gasteiger partial charge in [0.2, 0.25) is 5.91 Å². The number of rotatable bonds is 10. The van der Waals surface area contributed by atoms with Crippen LogP contribution in [0.15, 0.2) is 48.7 Å². The van der Waals surface area contributed by atoms with Crippen LogP contribution in [0, 0.1) is 5.92 Å². The van der Waals surface area contributed by atoms with E-state index >= 15 is 0 Å². The summed E-state index contributed by atoms with van der Waals surface area (Å²) in [6.45, 7) is 3.42. The Kier molecular flexibility index (Phi) is 9.17. The van der Waals surface area contributed by atoms with E-state index in [1.54, 1.807) is 19.4 Å². The lowest BCUT2D eigenvalue weighted by Crippen LogP contribution is -2.48. The van der Waals surface area contributed by atoms with E-state index in [-0.39, 0.29) is 37.4 Å². The molecule has 9 nitrogen and oxygen atoms in total. The number of ether oxygens (including phenoxy) is 2. The molecule has 0 aliphatic carbocycles. The summed E-state index contributed by atoms with van der Waals surface area (Å²) in [6.07, 6.45) is 4.44. The summed E-state index contributed by atoms with van der Waals surface area (Å²) in [5, 5.41) is 13.2. The molecule has 1 aromatic heterocycles. The third-order valence-corrected chi connectivity index (χ3v) is 8.13. The van der Waals surface area contributed by atoms with Crippen LogP contribution in [0.5, 0.6) is 5.75 Å². The van der Waals surface area contributed by atoms with Crippen molar-refractivity contribution in [3.05, 3.63) is 76.2 Å². The van der Waals surface area contributed by atoms with Crippen LogP contribution in [0.4, 0.5) is 0 Å². The summed E-state index contributed by atoms with van der Waals surface area (Å²) in [5.41, 5.74) is 3.48. The topological polar surface area (TPSA) is 114 Å². The number of benzene rings is 2. The summed E-state index contributed by atoms with van der Waals surface area (Å²) in [4.78, 5) is 37.7. The second-order valence-corrected chi connectivity index (χ2v) is 11.0. The Bertz CT molecular complexity index is 1410. The molecule has 3 aromatic rings. The van der Waals surface area contributed by atoms with Crippen LogP contribution in [0.25, 0.3) is 11.3 Å². The molecule has 1 saturated heterocycles. The van der Waals surface area contributed by atoms with Crippen LogP contribution in [-0.2, 0) is 22.5 Å². The van der Waals surface area contributed by atoms with Gasteiger partial charge in [0.25, 0.3) is 5.91 Å². The molecule has 2 aliphatic rings. The first kappa shape index (κ1) is 29.0. The van der Waals surface area contributed by atoms with Crippen LogP contribution >= 0.6 is 11.6 Å². The van der Waals surface area contributed by atoms with Gasteiger partial charge in [0, 0.05) is 50.1 Å². The molecule has 2 N–H and O–H groups in total. The van der Waals surface area contributed by atoms with Crippen molar-refractivity contribution >= 4 is 23.4 Å². The van der Waals surface area contributed by atoms with Crippen molar-refractivity contribution in [3.63, 3.8) is 0 Å². The Balaban J connectivity index is 1.33. The molecule has 3 heterocycles. The number of carbonyl (C=O) groups excluding carboxylic acids is 2. The first-order valence-electron chi connectivity index (χ1n) is 14.0. The summed E-state index contributed by atoms with van der Waals surface area (Å²) in [6, 6.07) is 11.9. The molecule has 41 heavy (non-hydrogen) atoms. The van der Waals surface area contributed by atoms with Gasteiger partial charge in [0.15, 0.2) is 0 Å². The van der Waals surface area contributed by atoms with Gasteiger partial charge in [-0.05, 0) is 61.4 Å². The van der Waals surface area contributed by atoms with Gasteiger partial charge >= 0.3 is 0 Å². The van der Waals surface area contributed by atoms with Crippen molar-refractivity contribution in [2.24, 2.45) is 5.92 Å². The Morgan fingerprint density at radius 2 is 2.05 bits per heavy atom. The van der Waals surface area contributed by atoms with E-state index in [1.807, 2.05) is 43.3 Å². The lowest BCUT2D eigenvalue weighted by Gasteiger charge is -2.28. The number of aliphatic hydroxyl groups is 1. The fourth-order valence-electron chi connectivity index (χ4n) is 5.49. The van der Waals surface area contributed by atoms with Crippen molar-refractivity contribution in [2.75, 3.05) is 26.9 Å². The summed E-state index contributed by atoms with van der Waals surface area (Å²) in [5.74, 6) is 1.28. The SMILES string of the molecule is COc1cccc([C@@H](C)NC(=O)[C@@H](CCO)N2Cc3ccc(-c4nc(CC5CCOCC5)ncc4Cl)cc3C2=O)c1. The average Bonchev–Trinajstić information content (AvgIpc) is 3.32. The van der Waals surface area contributed by atoms with Gasteiger partial charge in [-0.2, -0.15) is 0 Å². The normalized spacial score (nSPS) is 16.8. The van der Waals surface area contributed by atoms with E-state index in [0.29, 0.717) is 27.9 Å². The van der Waals surface area contributed by atoms with Gasteiger partial charge < -0.3 is 24.8 Å². The molecule has 10 heteroatoms. The highest BCUT2D eigenvalue weighted by Gasteiger charge is 2.37. The number of hydrogen-bond acceptors (Lipinski definition) is 7. The Morgan fingerprint density at radius 3 is 2.80 bits per heavy atom. The number of amides is 2. The summed E-state index contributed by atoms with van der Waals surface area (Å²) < 4.78 is 10.8. The van der Waals surface area contributed by atoms with Crippen molar-refractivity contribution in [1.82, 2.24) is 20.2 Å². The number of nitrogens with zero attached hydrogens (tertiary/aromatic N) is 3. The number of nitrogens with one attached hydrogen (secondary N) is 1. The minimum Gasteiger partial charge on any atom is -0.497 e. The van der Waals surface area contributed by atoms with Gasteiger partial charge in [-0.25, -0.2) is 9.97 Å². The molecule has 216 valence electrons. The maximum Gasteiger partial charge on any atom is 0.255 e. The van der Waals surface area contributed by atoms with Crippen molar-refractivity contribution in [1.29, 1.82) is 0 Å². The molecule has 0 unspecified atom stereocenters. The number of halogens is 1. The molecular weight excluding hydrogens is 544 g/mol. The van der Waals surface area contributed by atoms with E-state index < -0.39 is 6.04 Å². The maximum absolute atomic E-state index is 13.6. The Hall–Kier alpha value is -3.53. The molecule has 1 fully saturated rings. The predicted molar refractivity (Wildman–Crippen MR) is 155 cm³/mol. The number of hydrogen-bond donors (Lipinski definition) is 2. The van der Waals surface area contributed by atoms with Crippen molar-refractivity contribution in [2.45, 2.75) is 51.2 Å². The molecule has 0 spiro atoms. The van der Waals surface area contributed by atoms with Crippen molar-refractivity contribution in [3.8, 4) is 17.0 Å². The monoisotopic (exact) mass is 578 g/mol. The van der Waals surface area contributed by atoms with Gasteiger partial charge in [-0.1, -0.05) is 35.9 Å². The Labute approximate surface area is 244 Å². The molecule has 0 saturated carbocycles. The lowest BCUT2D eigenvalue weighted by molar-refractivity contribution is -0.127. The molecule has 2 amide bonds. The second kappa shape index (κ2) is 13.0. The molecule has 2 atom stereocenters. The minimum absolute atomic E-state index is 0.122. The molecule has 2 aliphatic heterocycles. The van der Waals surface area contributed by atoms with Crippen molar-refractivity contribution < 1.29 is 24.2 Å². The number of carbonyl (C=O) groups is 2. The molecular formula is C31H35ClN4O5. The van der Waals surface area contributed by atoms with E-state index in [2.05, 4.69) is 10.3 Å². The standard InChI is InChI=1S/C31H35ClN4O5/c1-19(21-4-3-5-24(15-21)40-2)34-30(38)27(8-11-37)36-18-23-7-6-22(16-25(23)31(36)39)29-26(32)17-33-28(35-29)14-20-9-12-41-13-10-20/h3-7,15-17,19-20,27,37H,8-14,18H2,1-2H3,(H,34,38)/t19-,27-/m1/s1. The Morgan fingerprint density at radius 1 is 1.24 bits per heavy atom. The van der Waals surface area contributed by atoms with Crippen LogP contribution in [-0.4, -0.2) is 64.8 Å². The lowest BCUT2D eigenvalue weighted by atomic mass is 9.96. The molecule has 0 bridgehead atoms. The summed E-state index contributed by atoms with van der Waals surface area (Å²) in [7, 11) is 1.59. The third-order valence-electron chi connectivity index (χ3n) is 7.86. The predicted octanol–water partition coefficient (Wildman–Crippen LogP) is 4.36. The first-order valence-corrected chi connectivity index (χ1v) is 14.3. The highest BCUT2D eigenvalue weighted by atomic mass is 35.5. The van der Waals surface area contributed by atoms with E-state index in [4.69, 9.17) is 26.1 Å². The number of methoxy groups -OCH3 is 1. The third kappa shape index (κ3) is 6.53. The fourth-order valence-corrected chi connectivity index (χ4v) is 5.69. The molecule has 5 rings (SSSR count). The highest BCUT2D eigenvalue weighted by molar-refractivity contribution is 6.32. The largest absolute Gasteiger partial charge is 0.497 e. The second-order valence-electron chi connectivity index (χ2n) is 10.6. The zero-order chi connectivity index (χ0) is 28.9. The van der Waals surface area contributed by atoms with E-state index in [1.165, 1.54) is 4.90 Å². The van der Waals surface area contributed by atoms with Crippen LogP contribution in [0.2, 0.25) is 5.02 Å². The zero-order valence-corrected chi connectivity index (χ0v) is 24.1. The van der Waals surface area contributed by atoms with Gasteiger partial charge in [-0.15, -0.1) is 0 Å². The van der Waals surface area contributed by atoms with Crippen LogP contribution < -0.4 is 10.1 Å². The zero-order valence-electron chi connectivity index (χ0n) is 23.3. The fraction of sp³-hybridized carbons (Fsp3) is 0.419. The minimum atomic E-state index is -0.829. The van der Waals surface area contributed by atoms with E-state index in [0.717, 1.165) is 55.0 Å².